The molecule has 0 saturated heterocycles. The van der Waals surface area contributed by atoms with Gasteiger partial charge in [-0.25, -0.2) is 9.78 Å². The summed E-state index contributed by atoms with van der Waals surface area (Å²) in [6.07, 6.45) is 3.55. The molecule has 2 aromatic heterocycles. The molecule has 182 valence electrons. The Bertz CT molecular complexity index is 1300. The summed E-state index contributed by atoms with van der Waals surface area (Å²) in [5, 5.41) is 4.72. The highest BCUT2D eigenvalue weighted by atomic mass is 16.5. The van der Waals surface area contributed by atoms with Gasteiger partial charge in [0.05, 0.1) is 17.2 Å². The maximum Gasteiger partial charge on any atom is 0.328 e. The molecular weight excluding hydrogens is 444 g/mol. The van der Waals surface area contributed by atoms with Gasteiger partial charge in [0.2, 0.25) is 0 Å². The highest BCUT2D eigenvalue weighted by Gasteiger charge is 2.24. The largest absolute Gasteiger partial charge is 0.459 e. The van der Waals surface area contributed by atoms with Gasteiger partial charge in [0, 0.05) is 17.9 Å². The number of esters is 1. The summed E-state index contributed by atoms with van der Waals surface area (Å²) in [5.41, 5.74) is 8.59. The Hall–Kier alpha value is -3.75. The average molecular weight is 475 g/mol. The summed E-state index contributed by atoms with van der Waals surface area (Å²) in [7, 11) is 1.64. The summed E-state index contributed by atoms with van der Waals surface area (Å²) >= 11 is 0. The van der Waals surface area contributed by atoms with E-state index in [1.807, 2.05) is 59.2 Å². The zero-order valence-corrected chi connectivity index (χ0v) is 19.8. The maximum atomic E-state index is 13.1. The second-order valence-corrected chi connectivity index (χ2v) is 8.35. The number of hydrogen-bond acceptors (Lipinski definition) is 6. The average Bonchev–Trinajstić information content (AvgIpc) is 3.20. The molecule has 4 aromatic rings. The molecule has 8 heteroatoms. The Balaban J connectivity index is 1.54. The predicted molar refractivity (Wildman–Crippen MR) is 135 cm³/mol. The monoisotopic (exact) mass is 474 g/mol. The van der Waals surface area contributed by atoms with Gasteiger partial charge in [0.15, 0.2) is 0 Å². The Morgan fingerprint density at radius 3 is 2.57 bits per heavy atom. The van der Waals surface area contributed by atoms with E-state index in [1.54, 1.807) is 19.4 Å². The number of methoxy groups -OCH3 is 1. The normalized spacial score (nSPS) is 12.1. The van der Waals surface area contributed by atoms with E-state index in [2.05, 4.69) is 10.3 Å². The fourth-order valence-corrected chi connectivity index (χ4v) is 4.14. The van der Waals surface area contributed by atoms with Gasteiger partial charge in [-0.3, -0.25) is 4.79 Å². The van der Waals surface area contributed by atoms with Crippen LogP contribution in [0.2, 0.25) is 0 Å². The highest BCUT2D eigenvalue weighted by Crippen LogP contribution is 2.29. The Morgan fingerprint density at radius 2 is 1.80 bits per heavy atom. The SMILES string of the molecule is COCn1c2ccccc2c2cc(C(=O)N[C@@H](CCCCN)C(=O)OCc3ccccc3)ncc21. The molecule has 4 rings (SSSR count). The molecular formula is C27H30N4O4. The number of nitrogens with zero attached hydrogens (tertiary/aromatic N) is 2. The molecule has 2 aromatic carbocycles. The highest BCUT2D eigenvalue weighted by molar-refractivity contribution is 6.10. The number of hydrogen-bond donors (Lipinski definition) is 2. The molecule has 0 aliphatic heterocycles. The molecule has 3 N–H and O–H groups in total. The number of unbranched alkanes of at least 4 members (excludes halogenated alkanes) is 1. The molecule has 1 amide bonds. The second kappa shape index (κ2) is 11.6. The number of aromatic nitrogens is 2. The maximum absolute atomic E-state index is 13.1. The van der Waals surface area contributed by atoms with Gasteiger partial charge in [-0.1, -0.05) is 48.5 Å². The minimum Gasteiger partial charge on any atom is -0.459 e. The van der Waals surface area contributed by atoms with Crippen molar-refractivity contribution in [3.05, 3.63) is 78.1 Å². The number of fused-ring (bicyclic) bond motifs is 3. The first kappa shape index (κ1) is 24.4. The number of ether oxygens (including phenoxy) is 2. The Labute approximate surface area is 204 Å². The molecule has 0 saturated carbocycles. The Morgan fingerprint density at radius 1 is 1.03 bits per heavy atom. The lowest BCUT2D eigenvalue weighted by atomic mass is 10.1. The number of carbonyl (C=O) groups is 2. The summed E-state index contributed by atoms with van der Waals surface area (Å²) in [6.45, 7) is 1.03. The van der Waals surface area contributed by atoms with Crippen LogP contribution in [0.1, 0.15) is 35.3 Å². The number of rotatable bonds is 11. The van der Waals surface area contributed by atoms with Crippen LogP contribution in [-0.2, 0) is 27.6 Å². The third-order valence-electron chi connectivity index (χ3n) is 5.91. The van der Waals surface area contributed by atoms with E-state index in [0.717, 1.165) is 33.8 Å². The fourth-order valence-electron chi connectivity index (χ4n) is 4.14. The number of nitrogens with two attached hydrogens (primary N) is 1. The molecule has 0 aliphatic carbocycles. The van der Waals surface area contributed by atoms with Gasteiger partial charge in [0.25, 0.3) is 5.91 Å². The van der Waals surface area contributed by atoms with E-state index < -0.39 is 17.9 Å². The lowest BCUT2D eigenvalue weighted by Gasteiger charge is -2.17. The smallest absolute Gasteiger partial charge is 0.328 e. The molecule has 0 unspecified atom stereocenters. The first-order valence-electron chi connectivity index (χ1n) is 11.7. The van der Waals surface area contributed by atoms with Crippen molar-refractivity contribution in [2.24, 2.45) is 5.73 Å². The van der Waals surface area contributed by atoms with Crippen molar-refractivity contribution < 1.29 is 19.1 Å². The summed E-state index contributed by atoms with van der Waals surface area (Å²) in [6, 6.07) is 18.3. The van der Waals surface area contributed by atoms with E-state index in [-0.39, 0.29) is 12.3 Å². The lowest BCUT2D eigenvalue weighted by molar-refractivity contribution is -0.147. The van der Waals surface area contributed by atoms with Crippen molar-refractivity contribution in [2.75, 3.05) is 13.7 Å². The van der Waals surface area contributed by atoms with Gasteiger partial charge in [0.1, 0.15) is 25.1 Å². The van der Waals surface area contributed by atoms with E-state index in [9.17, 15) is 9.59 Å². The molecule has 0 radical (unpaired) electrons. The number of carbonyl (C=O) groups excluding carboxylic acids is 2. The van der Waals surface area contributed by atoms with Crippen molar-refractivity contribution in [3.63, 3.8) is 0 Å². The van der Waals surface area contributed by atoms with Gasteiger partial charge in [-0.2, -0.15) is 0 Å². The van der Waals surface area contributed by atoms with Crippen molar-refractivity contribution in [1.29, 1.82) is 0 Å². The third kappa shape index (κ3) is 5.67. The minimum atomic E-state index is -0.787. The van der Waals surface area contributed by atoms with Gasteiger partial charge >= 0.3 is 5.97 Å². The van der Waals surface area contributed by atoms with Crippen LogP contribution in [0.25, 0.3) is 21.8 Å². The molecule has 1 atom stereocenters. The Kier molecular flexibility index (Phi) is 8.07. The lowest BCUT2D eigenvalue weighted by Crippen LogP contribution is -2.42. The van der Waals surface area contributed by atoms with Gasteiger partial charge in [-0.05, 0) is 43.5 Å². The molecule has 35 heavy (non-hydrogen) atoms. The van der Waals surface area contributed by atoms with Gasteiger partial charge < -0.3 is 25.1 Å². The summed E-state index contributed by atoms with van der Waals surface area (Å²) in [5.74, 6) is -0.901. The van der Waals surface area contributed by atoms with Crippen LogP contribution in [0.3, 0.4) is 0 Å². The van der Waals surface area contributed by atoms with E-state index in [4.69, 9.17) is 15.2 Å². The van der Waals surface area contributed by atoms with Crippen LogP contribution in [0.15, 0.2) is 66.9 Å². The molecule has 0 aliphatic rings. The van der Waals surface area contributed by atoms with Crippen molar-refractivity contribution in [2.45, 2.75) is 38.6 Å². The summed E-state index contributed by atoms with van der Waals surface area (Å²) < 4.78 is 12.9. The first-order chi connectivity index (χ1) is 17.1. The molecule has 0 bridgehead atoms. The van der Waals surface area contributed by atoms with Crippen LogP contribution < -0.4 is 11.1 Å². The number of nitrogens with one attached hydrogen (secondary N) is 1. The molecule has 2 heterocycles. The molecule has 0 fully saturated rings. The number of amides is 1. The van der Waals surface area contributed by atoms with Crippen molar-refractivity contribution in [1.82, 2.24) is 14.9 Å². The summed E-state index contributed by atoms with van der Waals surface area (Å²) in [4.78, 5) is 30.4. The predicted octanol–water partition coefficient (Wildman–Crippen LogP) is 3.76. The minimum absolute atomic E-state index is 0.145. The third-order valence-corrected chi connectivity index (χ3v) is 5.91. The van der Waals surface area contributed by atoms with Crippen molar-refractivity contribution >= 4 is 33.7 Å². The number of pyridine rings is 1. The zero-order chi connectivity index (χ0) is 24.6. The second-order valence-electron chi connectivity index (χ2n) is 8.35. The van der Waals surface area contributed by atoms with Crippen molar-refractivity contribution in [3.8, 4) is 0 Å². The molecule has 8 nitrogen and oxygen atoms in total. The van der Waals surface area contributed by atoms with Crippen LogP contribution >= 0.6 is 0 Å². The standard InChI is InChI=1S/C27H30N4O4/c1-34-18-31-24-13-6-5-11-20(24)21-15-23(29-16-25(21)31)26(32)30-22(12-7-8-14-28)27(33)35-17-19-9-3-2-4-10-19/h2-6,9-11,13,15-16,22H,7-8,12,14,17-18,28H2,1H3,(H,30,32)/t22-/m0/s1. The van der Waals surface area contributed by atoms with Crippen LogP contribution in [0.5, 0.6) is 0 Å². The van der Waals surface area contributed by atoms with E-state index >= 15 is 0 Å². The first-order valence-corrected chi connectivity index (χ1v) is 11.7. The van der Waals surface area contributed by atoms with Crippen LogP contribution in [0.4, 0.5) is 0 Å². The van der Waals surface area contributed by atoms with Gasteiger partial charge in [-0.15, -0.1) is 0 Å². The fraction of sp³-hybridized carbons (Fsp3) is 0.296. The van der Waals surface area contributed by atoms with Crippen LogP contribution in [0, 0.1) is 0 Å². The zero-order valence-electron chi connectivity index (χ0n) is 19.8. The topological polar surface area (TPSA) is 108 Å². The quantitative estimate of drug-likeness (QED) is 0.253. The number of para-hydroxylation sites is 1. The van der Waals surface area contributed by atoms with Crippen LogP contribution in [-0.4, -0.2) is 41.1 Å². The number of benzene rings is 2. The van der Waals surface area contributed by atoms with E-state index in [1.165, 1.54) is 0 Å². The molecule has 0 spiro atoms. The van der Waals surface area contributed by atoms with E-state index in [0.29, 0.717) is 26.1 Å².